The van der Waals surface area contributed by atoms with Gasteiger partial charge in [0.1, 0.15) is 0 Å². The minimum absolute atomic E-state index is 0.0683. The molecule has 7 nitrogen and oxygen atoms in total. The van der Waals surface area contributed by atoms with Crippen molar-refractivity contribution in [2.75, 3.05) is 18.2 Å². The monoisotopic (exact) mass is 391 g/mol. The van der Waals surface area contributed by atoms with Crippen LogP contribution in [0.25, 0.3) is 11.4 Å². The molecule has 1 unspecified atom stereocenters. The third-order valence-corrected chi connectivity index (χ3v) is 5.40. The van der Waals surface area contributed by atoms with Crippen molar-refractivity contribution >= 4 is 11.6 Å². The molecule has 0 N–H and O–H groups in total. The fourth-order valence-corrected chi connectivity index (χ4v) is 3.73. The van der Waals surface area contributed by atoms with E-state index in [1.165, 1.54) is 5.56 Å². The number of carbonyl (C=O) groups excluding carboxylic acids is 1. The second-order valence-corrected chi connectivity index (χ2v) is 7.68. The first-order chi connectivity index (χ1) is 14.1. The second-order valence-electron chi connectivity index (χ2n) is 7.68. The Morgan fingerprint density at radius 3 is 2.83 bits per heavy atom. The molecule has 2 aromatic carbocycles. The molecule has 0 bridgehead atoms. The molecule has 0 radical (unpaired) electrons. The Hall–Kier alpha value is -3.35. The first kappa shape index (κ1) is 17.7. The van der Waals surface area contributed by atoms with Gasteiger partial charge in [0.15, 0.2) is 11.5 Å². The molecule has 5 rings (SSSR count). The number of nitrogens with zero attached hydrogens (tertiary/aromatic N) is 3. The molecule has 1 aromatic heterocycles. The van der Waals surface area contributed by atoms with Gasteiger partial charge >= 0.3 is 0 Å². The van der Waals surface area contributed by atoms with Gasteiger partial charge in [0.05, 0.1) is 5.92 Å². The van der Waals surface area contributed by atoms with Gasteiger partial charge in [-0.1, -0.05) is 31.1 Å². The highest BCUT2D eigenvalue weighted by molar-refractivity contribution is 5.96. The van der Waals surface area contributed by atoms with E-state index in [0.717, 1.165) is 11.3 Å². The van der Waals surface area contributed by atoms with Gasteiger partial charge in [-0.15, -0.1) is 0 Å². The van der Waals surface area contributed by atoms with Gasteiger partial charge in [-0.05, 0) is 41.8 Å². The lowest BCUT2D eigenvalue weighted by Gasteiger charge is -2.18. The number of hydrogen-bond donors (Lipinski definition) is 0. The molecule has 1 amide bonds. The lowest BCUT2D eigenvalue weighted by molar-refractivity contribution is -0.117. The first-order valence-corrected chi connectivity index (χ1v) is 9.72. The summed E-state index contributed by atoms with van der Waals surface area (Å²) < 4.78 is 16.3. The maximum Gasteiger partial charge on any atom is 0.232 e. The van der Waals surface area contributed by atoms with Gasteiger partial charge in [-0.3, -0.25) is 4.79 Å². The topological polar surface area (TPSA) is 77.7 Å². The maximum atomic E-state index is 12.6. The van der Waals surface area contributed by atoms with Crippen molar-refractivity contribution in [1.82, 2.24) is 10.1 Å². The van der Waals surface area contributed by atoms with Crippen molar-refractivity contribution in [2.45, 2.75) is 32.1 Å². The molecule has 3 aromatic rings. The molecule has 1 atom stereocenters. The number of carbonyl (C=O) groups is 1. The van der Waals surface area contributed by atoms with E-state index in [4.69, 9.17) is 14.0 Å². The van der Waals surface area contributed by atoms with E-state index in [1.807, 2.05) is 30.3 Å². The highest BCUT2D eigenvalue weighted by Gasteiger charge is 2.35. The Kier molecular flexibility index (Phi) is 4.23. The van der Waals surface area contributed by atoms with Crippen molar-refractivity contribution in [3.8, 4) is 22.9 Å². The lowest BCUT2D eigenvalue weighted by atomic mass is 10.0. The SMILES string of the molecule is CC(C)c1cccc(N2CC(c3nc(-c4ccc5c(c4)OCO5)no3)CC2=O)c1. The Bertz CT molecular complexity index is 1080. The van der Waals surface area contributed by atoms with Gasteiger partial charge in [-0.2, -0.15) is 4.98 Å². The van der Waals surface area contributed by atoms with Crippen LogP contribution in [0.5, 0.6) is 11.5 Å². The molecule has 2 aliphatic rings. The second kappa shape index (κ2) is 6.92. The Morgan fingerprint density at radius 2 is 1.97 bits per heavy atom. The summed E-state index contributed by atoms with van der Waals surface area (Å²) in [6.45, 7) is 5.03. The van der Waals surface area contributed by atoms with Crippen molar-refractivity contribution in [3.05, 3.63) is 53.9 Å². The molecule has 3 heterocycles. The maximum absolute atomic E-state index is 12.6. The van der Waals surface area contributed by atoms with Crippen LogP contribution in [0.2, 0.25) is 0 Å². The third-order valence-electron chi connectivity index (χ3n) is 5.40. The summed E-state index contributed by atoms with van der Waals surface area (Å²) in [5.74, 6) is 2.68. The molecule has 0 spiro atoms. The Labute approximate surface area is 168 Å². The van der Waals surface area contributed by atoms with Crippen LogP contribution in [0.3, 0.4) is 0 Å². The van der Waals surface area contributed by atoms with Crippen LogP contribution >= 0.6 is 0 Å². The number of hydrogen-bond acceptors (Lipinski definition) is 6. The molecule has 1 fully saturated rings. The Balaban J connectivity index is 1.36. The molecule has 0 saturated carbocycles. The minimum Gasteiger partial charge on any atom is -0.454 e. The van der Waals surface area contributed by atoms with Gasteiger partial charge < -0.3 is 18.9 Å². The van der Waals surface area contributed by atoms with Crippen molar-refractivity contribution in [3.63, 3.8) is 0 Å². The summed E-state index contributed by atoms with van der Waals surface area (Å²) in [5, 5.41) is 4.10. The fraction of sp³-hybridized carbons (Fsp3) is 0.318. The zero-order valence-corrected chi connectivity index (χ0v) is 16.3. The average Bonchev–Trinajstić information content (AvgIpc) is 3.46. The normalized spacial score (nSPS) is 18.1. The number of ether oxygens (including phenoxy) is 2. The van der Waals surface area contributed by atoms with E-state index in [-0.39, 0.29) is 18.6 Å². The molecular formula is C22H21N3O4. The zero-order chi connectivity index (χ0) is 20.0. The highest BCUT2D eigenvalue weighted by Crippen LogP contribution is 2.36. The van der Waals surface area contributed by atoms with Crippen LogP contribution in [0.4, 0.5) is 5.69 Å². The van der Waals surface area contributed by atoms with Crippen molar-refractivity contribution in [1.29, 1.82) is 0 Å². The molecular weight excluding hydrogens is 370 g/mol. The van der Waals surface area contributed by atoms with Crippen molar-refractivity contribution in [2.24, 2.45) is 0 Å². The lowest BCUT2D eigenvalue weighted by Crippen LogP contribution is -2.24. The minimum atomic E-state index is -0.125. The Morgan fingerprint density at radius 1 is 1.10 bits per heavy atom. The summed E-state index contributed by atoms with van der Waals surface area (Å²) in [4.78, 5) is 19.0. The summed E-state index contributed by atoms with van der Waals surface area (Å²) in [6, 6.07) is 13.7. The molecule has 148 valence electrons. The largest absolute Gasteiger partial charge is 0.454 e. The van der Waals surface area contributed by atoms with Crippen LogP contribution in [-0.2, 0) is 4.79 Å². The first-order valence-electron chi connectivity index (χ1n) is 9.72. The summed E-state index contributed by atoms with van der Waals surface area (Å²) in [7, 11) is 0. The summed E-state index contributed by atoms with van der Waals surface area (Å²) >= 11 is 0. The van der Waals surface area contributed by atoms with Crippen LogP contribution in [0.1, 0.15) is 43.6 Å². The van der Waals surface area contributed by atoms with Crippen molar-refractivity contribution < 1.29 is 18.8 Å². The summed E-state index contributed by atoms with van der Waals surface area (Å²) in [5.41, 5.74) is 2.91. The molecule has 0 aliphatic carbocycles. The number of benzene rings is 2. The van der Waals surface area contributed by atoms with E-state index in [0.29, 0.717) is 42.1 Å². The molecule has 1 saturated heterocycles. The predicted molar refractivity (Wildman–Crippen MR) is 106 cm³/mol. The smallest absolute Gasteiger partial charge is 0.232 e. The molecule has 29 heavy (non-hydrogen) atoms. The van der Waals surface area contributed by atoms with Gasteiger partial charge in [0, 0.05) is 24.2 Å². The van der Waals surface area contributed by atoms with E-state index < -0.39 is 0 Å². The van der Waals surface area contributed by atoms with Crippen LogP contribution in [-0.4, -0.2) is 29.4 Å². The van der Waals surface area contributed by atoms with E-state index in [9.17, 15) is 4.79 Å². The average molecular weight is 391 g/mol. The fourth-order valence-electron chi connectivity index (χ4n) is 3.73. The number of rotatable bonds is 4. The quantitative estimate of drug-likeness (QED) is 0.666. The predicted octanol–water partition coefficient (Wildman–Crippen LogP) is 4.11. The van der Waals surface area contributed by atoms with Gasteiger partial charge in [0.2, 0.25) is 24.4 Å². The number of anilines is 1. The standard InChI is InChI=1S/C22H21N3O4/c1-13(2)14-4-3-5-17(8-14)25-11-16(10-20(25)26)22-23-21(24-29-22)15-6-7-18-19(9-15)28-12-27-18/h3-9,13,16H,10-12H2,1-2H3. The molecule has 2 aliphatic heterocycles. The van der Waals surface area contributed by atoms with E-state index in [1.54, 1.807) is 4.90 Å². The van der Waals surface area contributed by atoms with Crippen LogP contribution in [0.15, 0.2) is 47.0 Å². The van der Waals surface area contributed by atoms with Gasteiger partial charge in [0.25, 0.3) is 0 Å². The summed E-state index contributed by atoms with van der Waals surface area (Å²) in [6.07, 6.45) is 0.356. The highest BCUT2D eigenvalue weighted by atomic mass is 16.7. The third kappa shape index (κ3) is 3.22. The number of amides is 1. The molecule has 7 heteroatoms. The van der Waals surface area contributed by atoms with E-state index >= 15 is 0 Å². The number of aromatic nitrogens is 2. The number of fused-ring (bicyclic) bond motifs is 1. The zero-order valence-electron chi connectivity index (χ0n) is 16.3. The van der Waals surface area contributed by atoms with Crippen LogP contribution < -0.4 is 14.4 Å². The van der Waals surface area contributed by atoms with Gasteiger partial charge in [-0.25, -0.2) is 0 Å². The van der Waals surface area contributed by atoms with Crippen LogP contribution in [0, 0.1) is 0 Å². The van der Waals surface area contributed by atoms with E-state index in [2.05, 4.69) is 36.1 Å².